The van der Waals surface area contributed by atoms with Crippen molar-refractivity contribution >= 4 is 29.5 Å². The molecule has 0 radical (unpaired) electrons. The van der Waals surface area contributed by atoms with Crippen molar-refractivity contribution in [2.24, 2.45) is 0 Å². The zero-order valence-corrected chi connectivity index (χ0v) is 14.0. The highest BCUT2D eigenvalue weighted by Gasteiger charge is 2.35. The molecule has 7 nitrogen and oxygen atoms in total. The van der Waals surface area contributed by atoms with Crippen molar-refractivity contribution in [3.63, 3.8) is 0 Å². The number of pyridine rings is 1. The van der Waals surface area contributed by atoms with Crippen LogP contribution in [0.4, 0.5) is 0 Å². The SMILES string of the molecule is CCOC(C)(OCC)C(=O)NNC(=O)C=Cc1ccnc(Cl)c1. The molecule has 0 aliphatic rings. The summed E-state index contributed by atoms with van der Waals surface area (Å²) in [5, 5.41) is 0.324. The van der Waals surface area contributed by atoms with Gasteiger partial charge >= 0.3 is 0 Å². The van der Waals surface area contributed by atoms with E-state index in [1.165, 1.54) is 19.2 Å². The molecular weight excluding hydrogens is 322 g/mol. The van der Waals surface area contributed by atoms with Gasteiger partial charge in [0, 0.05) is 25.5 Å². The van der Waals surface area contributed by atoms with Gasteiger partial charge in [0.2, 0.25) is 5.79 Å². The number of aromatic nitrogens is 1. The van der Waals surface area contributed by atoms with Gasteiger partial charge in [-0.2, -0.15) is 0 Å². The van der Waals surface area contributed by atoms with E-state index in [-0.39, 0.29) is 0 Å². The van der Waals surface area contributed by atoms with Crippen molar-refractivity contribution in [3.05, 3.63) is 35.1 Å². The Kier molecular flexibility index (Phi) is 7.67. The highest BCUT2D eigenvalue weighted by atomic mass is 35.5. The lowest BCUT2D eigenvalue weighted by atomic mass is 10.2. The molecule has 8 heteroatoms. The molecule has 126 valence electrons. The number of rotatable bonds is 7. The number of carbonyl (C=O) groups excluding carboxylic acids is 2. The first-order valence-electron chi connectivity index (χ1n) is 7.09. The van der Waals surface area contributed by atoms with Crippen LogP contribution in [0.5, 0.6) is 0 Å². The van der Waals surface area contributed by atoms with Crippen LogP contribution < -0.4 is 10.9 Å². The lowest BCUT2D eigenvalue weighted by molar-refractivity contribution is -0.219. The van der Waals surface area contributed by atoms with Crippen LogP contribution in [-0.2, 0) is 19.1 Å². The fourth-order valence-electron chi connectivity index (χ4n) is 1.69. The van der Waals surface area contributed by atoms with Gasteiger partial charge in [0.05, 0.1) is 0 Å². The number of hydrazine groups is 1. The highest BCUT2D eigenvalue weighted by Crippen LogP contribution is 2.12. The molecule has 1 aromatic heterocycles. The van der Waals surface area contributed by atoms with E-state index in [9.17, 15) is 9.59 Å². The molecule has 23 heavy (non-hydrogen) atoms. The number of amides is 2. The number of nitrogens with one attached hydrogen (secondary N) is 2. The Hall–Kier alpha value is -1.96. The Bertz CT molecular complexity index is 572. The molecular formula is C15H20ClN3O4. The summed E-state index contributed by atoms with van der Waals surface area (Å²) in [6, 6.07) is 3.29. The normalized spacial score (nSPS) is 11.5. The molecule has 0 aromatic carbocycles. The molecule has 2 N–H and O–H groups in total. The van der Waals surface area contributed by atoms with Crippen molar-refractivity contribution < 1.29 is 19.1 Å². The highest BCUT2D eigenvalue weighted by molar-refractivity contribution is 6.29. The number of hydrogen-bond acceptors (Lipinski definition) is 5. The topological polar surface area (TPSA) is 89.5 Å². The first kappa shape index (κ1) is 19.1. The second-order valence-corrected chi connectivity index (χ2v) is 4.89. The van der Waals surface area contributed by atoms with Crippen LogP contribution in [-0.4, -0.2) is 35.8 Å². The van der Waals surface area contributed by atoms with Crippen molar-refractivity contribution in [1.29, 1.82) is 0 Å². The predicted octanol–water partition coefficient (Wildman–Crippen LogP) is 1.68. The predicted molar refractivity (Wildman–Crippen MR) is 86.2 cm³/mol. The molecule has 0 saturated carbocycles. The fraction of sp³-hybridized carbons (Fsp3) is 0.400. The quantitative estimate of drug-likeness (QED) is 0.341. The van der Waals surface area contributed by atoms with Crippen LogP contribution in [0.15, 0.2) is 24.4 Å². The maximum absolute atomic E-state index is 12.0. The van der Waals surface area contributed by atoms with Crippen molar-refractivity contribution in [3.8, 4) is 0 Å². The van der Waals surface area contributed by atoms with Crippen LogP contribution in [0.25, 0.3) is 6.08 Å². The molecule has 0 saturated heterocycles. The molecule has 0 spiro atoms. The van der Waals surface area contributed by atoms with E-state index >= 15 is 0 Å². The average molecular weight is 342 g/mol. The monoisotopic (exact) mass is 341 g/mol. The summed E-state index contributed by atoms with van der Waals surface area (Å²) in [4.78, 5) is 27.6. The van der Waals surface area contributed by atoms with Gasteiger partial charge in [-0.25, -0.2) is 4.98 Å². The summed E-state index contributed by atoms with van der Waals surface area (Å²) in [6.07, 6.45) is 4.32. The maximum Gasteiger partial charge on any atom is 0.298 e. The number of carbonyl (C=O) groups is 2. The third kappa shape index (κ3) is 6.35. The molecule has 0 bridgehead atoms. The summed E-state index contributed by atoms with van der Waals surface area (Å²) in [6.45, 7) is 5.55. The van der Waals surface area contributed by atoms with Crippen LogP contribution in [0, 0.1) is 0 Å². The minimum atomic E-state index is -1.46. The Morgan fingerprint density at radius 2 is 1.96 bits per heavy atom. The fourth-order valence-corrected chi connectivity index (χ4v) is 1.87. The van der Waals surface area contributed by atoms with Gasteiger partial charge in [-0.1, -0.05) is 11.6 Å². The van der Waals surface area contributed by atoms with Gasteiger partial charge in [0.25, 0.3) is 11.8 Å². The lowest BCUT2D eigenvalue weighted by Crippen LogP contribution is -2.54. The van der Waals surface area contributed by atoms with Gasteiger partial charge in [-0.3, -0.25) is 20.4 Å². The zero-order chi connectivity index (χ0) is 17.3. The molecule has 1 aromatic rings. The van der Waals surface area contributed by atoms with E-state index in [0.29, 0.717) is 23.9 Å². The number of halogens is 1. The minimum absolute atomic E-state index is 0.292. The zero-order valence-electron chi connectivity index (χ0n) is 13.3. The molecule has 0 aliphatic carbocycles. The van der Waals surface area contributed by atoms with E-state index in [0.717, 1.165) is 0 Å². The Morgan fingerprint density at radius 1 is 1.30 bits per heavy atom. The van der Waals surface area contributed by atoms with Gasteiger partial charge in [0.15, 0.2) is 0 Å². The molecule has 1 heterocycles. The van der Waals surface area contributed by atoms with Crippen molar-refractivity contribution in [2.75, 3.05) is 13.2 Å². The maximum atomic E-state index is 12.0. The van der Waals surface area contributed by atoms with Crippen molar-refractivity contribution in [1.82, 2.24) is 15.8 Å². The second-order valence-electron chi connectivity index (χ2n) is 4.50. The minimum Gasteiger partial charge on any atom is -0.343 e. The Labute approximate surface area is 140 Å². The second kappa shape index (κ2) is 9.24. The average Bonchev–Trinajstić information content (AvgIpc) is 2.51. The summed E-state index contributed by atoms with van der Waals surface area (Å²) in [5.41, 5.74) is 5.23. The van der Waals surface area contributed by atoms with Gasteiger partial charge < -0.3 is 9.47 Å². The summed E-state index contributed by atoms with van der Waals surface area (Å²) >= 11 is 5.74. The first-order chi connectivity index (χ1) is 10.9. The van der Waals surface area contributed by atoms with Crippen LogP contribution in [0.3, 0.4) is 0 Å². The molecule has 0 fully saturated rings. The number of nitrogens with zero attached hydrogens (tertiary/aromatic N) is 1. The third-order valence-corrected chi connectivity index (χ3v) is 2.94. The van der Waals surface area contributed by atoms with Gasteiger partial charge in [-0.15, -0.1) is 0 Å². The molecule has 2 amide bonds. The van der Waals surface area contributed by atoms with Crippen molar-refractivity contribution in [2.45, 2.75) is 26.6 Å². The van der Waals surface area contributed by atoms with Crippen LogP contribution in [0.1, 0.15) is 26.3 Å². The standard InChI is InChI=1S/C15H20ClN3O4/c1-4-22-15(3,23-5-2)14(21)19-18-13(20)7-6-11-8-9-17-12(16)10-11/h6-10H,4-5H2,1-3H3,(H,18,20)(H,19,21). The Morgan fingerprint density at radius 3 is 2.52 bits per heavy atom. The van der Waals surface area contributed by atoms with E-state index in [1.807, 2.05) is 0 Å². The van der Waals surface area contributed by atoms with E-state index in [1.54, 1.807) is 32.1 Å². The lowest BCUT2D eigenvalue weighted by Gasteiger charge is -2.27. The van der Waals surface area contributed by atoms with Crippen LogP contribution >= 0.6 is 11.6 Å². The summed E-state index contributed by atoms with van der Waals surface area (Å²) in [5.74, 6) is -2.57. The van der Waals surface area contributed by atoms with Crippen LogP contribution in [0.2, 0.25) is 5.15 Å². The molecule has 0 atom stereocenters. The van der Waals surface area contributed by atoms with Gasteiger partial charge in [-0.05, 0) is 44.5 Å². The molecule has 1 rings (SSSR count). The smallest absolute Gasteiger partial charge is 0.298 e. The van der Waals surface area contributed by atoms with E-state index in [4.69, 9.17) is 21.1 Å². The summed E-state index contributed by atoms with van der Waals surface area (Å²) < 4.78 is 10.6. The van der Waals surface area contributed by atoms with E-state index < -0.39 is 17.6 Å². The third-order valence-electron chi connectivity index (χ3n) is 2.73. The molecule has 0 aliphatic heterocycles. The number of ether oxygens (including phenoxy) is 2. The largest absolute Gasteiger partial charge is 0.343 e. The first-order valence-corrected chi connectivity index (χ1v) is 7.47. The molecule has 0 unspecified atom stereocenters. The Balaban J connectivity index is 2.56. The number of hydrogen-bond donors (Lipinski definition) is 2. The van der Waals surface area contributed by atoms with E-state index in [2.05, 4.69) is 15.8 Å². The summed E-state index contributed by atoms with van der Waals surface area (Å²) in [7, 11) is 0. The van der Waals surface area contributed by atoms with Gasteiger partial charge in [0.1, 0.15) is 5.15 Å².